The number of aromatic nitrogens is 3. The number of halogens is 2. The topological polar surface area (TPSA) is 39.9 Å². The highest BCUT2D eigenvalue weighted by Gasteiger charge is 2.16. The van der Waals surface area contributed by atoms with E-state index in [0.29, 0.717) is 29.9 Å². The summed E-state index contributed by atoms with van der Waals surface area (Å²) in [6.07, 6.45) is 0. The maximum atomic E-state index is 6.34. The SMILES string of the molecule is COCCn1c(CCl)nnc1-c1cccc(C)c1Cl. The number of methoxy groups -OCH3 is 1. The summed E-state index contributed by atoms with van der Waals surface area (Å²) in [5.41, 5.74) is 1.87. The molecule has 1 aromatic carbocycles. The van der Waals surface area contributed by atoms with Gasteiger partial charge in [0.25, 0.3) is 0 Å². The van der Waals surface area contributed by atoms with Crippen molar-refractivity contribution in [1.82, 2.24) is 14.8 Å². The molecule has 2 aromatic rings. The summed E-state index contributed by atoms with van der Waals surface area (Å²) in [6.45, 7) is 3.17. The van der Waals surface area contributed by atoms with Crippen LogP contribution in [0.4, 0.5) is 0 Å². The van der Waals surface area contributed by atoms with Gasteiger partial charge in [0, 0.05) is 19.2 Å². The molecule has 0 amide bonds. The molecule has 0 bridgehead atoms. The molecular formula is C13H15Cl2N3O. The van der Waals surface area contributed by atoms with Crippen molar-refractivity contribution < 1.29 is 4.74 Å². The minimum atomic E-state index is 0.306. The summed E-state index contributed by atoms with van der Waals surface area (Å²) >= 11 is 12.2. The van der Waals surface area contributed by atoms with Gasteiger partial charge >= 0.3 is 0 Å². The minimum Gasteiger partial charge on any atom is -0.383 e. The van der Waals surface area contributed by atoms with Crippen molar-refractivity contribution in [1.29, 1.82) is 0 Å². The molecule has 0 radical (unpaired) electrons. The van der Waals surface area contributed by atoms with Gasteiger partial charge in [-0.05, 0) is 18.6 Å². The van der Waals surface area contributed by atoms with E-state index < -0.39 is 0 Å². The van der Waals surface area contributed by atoms with Gasteiger partial charge in [-0.1, -0.05) is 23.7 Å². The van der Waals surface area contributed by atoms with Crippen LogP contribution in [0.1, 0.15) is 11.4 Å². The van der Waals surface area contributed by atoms with Crippen LogP contribution in [-0.2, 0) is 17.2 Å². The molecule has 1 aromatic heterocycles. The lowest BCUT2D eigenvalue weighted by atomic mass is 10.1. The normalized spacial score (nSPS) is 10.9. The van der Waals surface area contributed by atoms with Gasteiger partial charge in [0.05, 0.1) is 17.5 Å². The highest BCUT2D eigenvalue weighted by Crippen LogP contribution is 2.29. The molecule has 102 valence electrons. The Hall–Kier alpha value is -1.10. The number of rotatable bonds is 5. The summed E-state index contributed by atoms with van der Waals surface area (Å²) < 4.78 is 7.05. The number of alkyl halides is 1. The summed E-state index contributed by atoms with van der Waals surface area (Å²) in [4.78, 5) is 0. The first-order chi connectivity index (χ1) is 9.19. The van der Waals surface area contributed by atoms with E-state index in [1.165, 1.54) is 0 Å². The van der Waals surface area contributed by atoms with Gasteiger partial charge in [0.15, 0.2) is 5.82 Å². The van der Waals surface area contributed by atoms with Crippen molar-refractivity contribution in [2.45, 2.75) is 19.3 Å². The molecule has 1 heterocycles. The van der Waals surface area contributed by atoms with Crippen LogP contribution in [0.25, 0.3) is 11.4 Å². The summed E-state index contributed by atoms with van der Waals surface area (Å²) in [7, 11) is 1.66. The predicted octanol–water partition coefficient (Wildman–Crippen LogP) is 3.29. The summed E-state index contributed by atoms with van der Waals surface area (Å²) in [5.74, 6) is 1.74. The zero-order chi connectivity index (χ0) is 13.8. The third-order valence-corrected chi connectivity index (χ3v) is 3.64. The number of benzene rings is 1. The van der Waals surface area contributed by atoms with Crippen LogP contribution in [-0.4, -0.2) is 28.5 Å². The Bertz CT molecular complexity index is 569. The van der Waals surface area contributed by atoms with Crippen LogP contribution < -0.4 is 0 Å². The standard InChI is InChI=1S/C13H15Cl2N3O/c1-9-4-3-5-10(12(9)15)13-17-16-11(8-14)18(13)6-7-19-2/h3-5H,6-8H2,1-2H3. The molecule has 0 N–H and O–H groups in total. The molecule has 0 unspecified atom stereocenters. The zero-order valence-corrected chi connectivity index (χ0v) is 12.4. The van der Waals surface area contributed by atoms with E-state index >= 15 is 0 Å². The van der Waals surface area contributed by atoms with E-state index in [0.717, 1.165) is 17.0 Å². The highest BCUT2D eigenvalue weighted by molar-refractivity contribution is 6.33. The Morgan fingerprint density at radius 1 is 1.32 bits per heavy atom. The maximum absolute atomic E-state index is 6.34. The predicted molar refractivity (Wildman–Crippen MR) is 76.6 cm³/mol. The molecule has 0 aliphatic heterocycles. The number of hydrogen-bond acceptors (Lipinski definition) is 3. The van der Waals surface area contributed by atoms with E-state index in [-0.39, 0.29) is 0 Å². The third kappa shape index (κ3) is 2.91. The Morgan fingerprint density at radius 2 is 2.11 bits per heavy atom. The highest BCUT2D eigenvalue weighted by atomic mass is 35.5. The average molecular weight is 300 g/mol. The van der Waals surface area contributed by atoms with Crippen LogP contribution in [0.15, 0.2) is 18.2 Å². The van der Waals surface area contributed by atoms with E-state index in [4.69, 9.17) is 27.9 Å². The van der Waals surface area contributed by atoms with E-state index in [1.54, 1.807) is 7.11 Å². The molecular weight excluding hydrogens is 285 g/mol. The summed E-state index contributed by atoms with van der Waals surface area (Å²) in [6, 6.07) is 5.84. The second-order valence-corrected chi connectivity index (χ2v) is 4.80. The molecule has 0 spiro atoms. The lowest BCUT2D eigenvalue weighted by Crippen LogP contribution is -2.09. The molecule has 2 rings (SSSR count). The Labute approximate surface area is 122 Å². The van der Waals surface area contributed by atoms with Crippen LogP contribution in [0.5, 0.6) is 0 Å². The second-order valence-electron chi connectivity index (χ2n) is 4.15. The Kier molecular flexibility index (Phi) is 4.80. The molecule has 0 saturated heterocycles. The van der Waals surface area contributed by atoms with Crippen molar-refractivity contribution in [3.05, 3.63) is 34.6 Å². The van der Waals surface area contributed by atoms with Gasteiger partial charge in [-0.25, -0.2) is 0 Å². The van der Waals surface area contributed by atoms with Crippen molar-refractivity contribution in [3.63, 3.8) is 0 Å². The number of ether oxygens (including phenoxy) is 1. The first-order valence-electron chi connectivity index (χ1n) is 5.91. The number of hydrogen-bond donors (Lipinski definition) is 0. The third-order valence-electron chi connectivity index (χ3n) is 2.90. The quantitative estimate of drug-likeness (QED) is 0.795. The Morgan fingerprint density at radius 3 is 2.79 bits per heavy atom. The van der Waals surface area contributed by atoms with Gasteiger partial charge in [-0.3, -0.25) is 0 Å². The molecule has 6 heteroatoms. The fraction of sp³-hybridized carbons (Fsp3) is 0.385. The molecule has 0 atom stereocenters. The van der Waals surface area contributed by atoms with Crippen molar-refractivity contribution in [3.8, 4) is 11.4 Å². The zero-order valence-electron chi connectivity index (χ0n) is 10.9. The van der Waals surface area contributed by atoms with E-state index in [9.17, 15) is 0 Å². The molecule has 19 heavy (non-hydrogen) atoms. The van der Waals surface area contributed by atoms with Crippen LogP contribution in [0, 0.1) is 6.92 Å². The second kappa shape index (κ2) is 6.37. The molecule has 0 fully saturated rings. The van der Waals surface area contributed by atoms with E-state index in [2.05, 4.69) is 10.2 Å². The molecule has 4 nitrogen and oxygen atoms in total. The average Bonchev–Trinajstić information content (AvgIpc) is 2.82. The van der Waals surface area contributed by atoms with Crippen molar-refractivity contribution in [2.75, 3.05) is 13.7 Å². The smallest absolute Gasteiger partial charge is 0.165 e. The fourth-order valence-corrected chi connectivity index (χ4v) is 2.28. The largest absolute Gasteiger partial charge is 0.383 e. The minimum absolute atomic E-state index is 0.306. The van der Waals surface area contributed by atoms with E-state index in [1.807, 2.05) is 29.7 Å². The fourth-order valence-electron chi connectivity index (χ4n) is 1.87. The van der Waals surface area contributed by atoms with Gasteiger partial charge in [-0.2, -0.15) is 0 Å². The lowest BCUT2D eigenvalue weighted by molar-refractivity contribution is 0.187. The monoisotopic (exact) mass is 299 g/mol. The maximum Gasteiger partial charge on any atom is 0.165 e. The van der Waals surface area contributed by atoms with Crippen molar-refractivity contribution >= 4 is 23.2 Å². The van der Waals surface area contributed by atoms with Crippen molar-refractivity contribution in [2.24, 2.45) is 0 Å². The van der Waals surface area contributed by atoms with Gasteiger partial charge in [0.1, 0.15) is 5.82 Å². The van der Waals surface area contributed by atoms with Crippen LogP contribution in [0.3, 0.4) is 0 Å². The van der Waals surface area contributed by atoms with Gasteiger partial charge < -0.3 is 9.30 Å². The van der Waals surface area contributed by atoms with Crippen LogP contribution in [0.2, 0.25) is 5.02 Å². The number of aryl methyl sites for hydroxylation is 1. The molecule has 0 saturated carbocycles. The first-order valence-corrected chi connectivity index (χ1v) is 6.82. The van der Waals surface area contributed by atoms with Crippen LogP contribution >= 0.6 is 23.2 Å². The molecule has 0 aliphatic rings. The lowest BCUT2D eigenvalue weighted by Gasteiger charge is -2.10. The number of nitrogens with zero attached hydrogens (tertiary/aromatic N) is 3. The van der Waals surface area contributed by atoms with Gasteiger partial charge in [-0.15, -0.1) is 21.8 Å². The summed E-state index contributed by atoms with van der Waals surface area (Å²) in [5, 5.41) is 8.99. The van der Waals surface area contributed by atoms with Gasteiger partial charge in [0.2, 0.25) is 0 Å². The molecule has 0 aliphatic carbocycles. The first kappa shape index (κ1) is 14.3. The Balaban J connectivity index is 2.49.